The number of rotatable bonds is 6. The van der Waals surface area contributed by atoms with E-state index in [1.165, 1.54) is 24.0 Å². The molecule has 0 aromatic carbocycles. The molecule has 1 N–H and O–H groups in total. The first-order valence-corrected chi connectivity index (χ1v) is 9.68. The van der Waals surface area contributed by atoms with Gasteiger partial charge in [0.05, 0.1) is 15.7 Å². The monoisotopic (exact) mass is 325 g/mol. The van der Waals surface area contributed by atoms with Crippen LogP contribution in [0.4, 0.5) is 0 Å². The minimum Gasteiger partial charge on any atom is -0.242 e. The average Bonchev–Trinajstić information content (AvgIpc) is 2.37. The average molecular weight is 326 g/mol. The van der Waals surface area contributed by atoms with Crippen molar-refractivity contribution in [2.75, 3.05) is 0 Å². The fourth-order valence-electron chi connectivity index (χ4n) is 2.91. The maximum absolute atomic E-state index is 12.7. The van der Waals surface area contributed by atoms with Crippen LogP contribution in [0.3, 0.4) is 0 Å². The van der Waals surface area contributed by atoms with Crippen molar-refractivity contribution in [3.05, 3.63) is 23.3 Å². The van der Waals surface area contributed by atoms with E-state index in [9.17, 15) is 4.21 Å². The smallest absolute Gasteiger partial charge is 0.0975 e. The fraction of sp³-hybridized carbons (Fsp3) is 0.789. The number of hydrogen-bond donors (Lipinski definition) is 1. The number of allylic oxidation sites excluding steroid dienone is 4. The van der Waals surface area contributed by atoms with E-state index in [2.05, 4.69) is 44.6 Å². The van der Waals surface area contributed by atoms with Crippen molar-refractivity contribution in [1.82, 2.24) is 4.72 Å². The van der Waals surface area contributed by atoms with Gasteiger partial charge in [-0.1, -0.05) is 23.3 Å². The van der Waals surface area contributed by atoms with Gasteiger partial charge in [-0.05, 0) is 86.5 Å². The minimum atomic E-state index is -1.02. The molecule has 2 nitrogen and oxygen atoms in total. The third-order valence-corrected chi connectivity index (χ3v) is 6.40. The quantitative estimate of drug-likeness (QED) is 0.661. The van der Waals surface area contributed by atoms with Gasteiger partial charge in [-0.25, -0.2) is 8.93 Å². The molecule has 0 bridgehead atoms. The normalized spacial score (nSPS) is 23.4. The third-order valence-electron chi connectivity index (χ3n) is 4.64. The van der Waals surface area contributed by atoms with Gasteiger partial charge in [-0.15, -0.1) is 0 Å². The Balaban J connectivity index is 2.88. The van der Waals surface area contributed by atoms with Crippen molar-refractivity contribution < 1.29 is 4.21 Å². The molecule has 0 radical (unpaired) electrons. The Hall–Kier alpha value is -0.410. The summed E-state index contributed by atoms with van der Waals surface area (Å²) < 4.78 is 15.9. The molecule has 0 heterocycles. The first-order valence-electron chi connectivity index (χ1n) is 8.53. The molecule has 0 saturated carbocycles. The predicted molar refractivity (Wildman–Crippen MR) is 99.2 cm³/mol. The summed E-state index contributed by atoms with van der Waals surface area (Å²) in [5.41, 5.74) is 2.79. The van der Waals surface area contributed by atoms with Crippen molar-refractivity contribution in [1.29, 1.82) is 0 Å². The molecule has 128 valence electrons. The van der Waals surface area contributed by atoms with E-state index in [-0.39, 0.29) is 10.3 Å². The standard InChI is InChI=1S/C19H35NOS/c1-15(2)9-8-14-19(7,20-22(21)18(4,5)6)17-12-10-16(3)11-13-17/h9-10,17,20H,8,11-14H2,1-7H3/t17-,19-,22?/m0/s1. The maximum atomic E-state index is 12.7. The minimum absolute atomic E-state index is 0.0682. The lowest BCUT2D eigenvalue weighted by atomic mass is 9.75. The second-order valence-corrected chi connectivity index (χ2v) is 10.2. The molecule has 22 heavy (non-hydrogen) atoms. The summed E-state index contributed by atoms with van der Waals surface area (Å²) in [6.07, 6.45) is 10.2. The van der Waals surface area contributed by atoms with Gasteiger partial charge in [-0.2, -0.15) is 0 Å². The molecule has 0 fully saturated rings. The Morgan fingerprint density at radius 2 is 2.00 bits per heavy atom. The van der Waals surface area contributed by atoms with Crippen LogP contribution in [-0.2, 0) is 11.0 Å². The van der Waals surface area contributed by atoms with Crippen LogP contribution in [0.5, 0.6) is 0 Å². The van der Waals surface area contributed by atoms with Crippen LogP contribution in [0.2, 0.25) is 0 Å². The van der Waals surface area contributed by atoms with Crippen molar-refractivity contribution in [3.8, 4) is 0 Å². The maximum Gasteiger partial charge on any atom is 0.0975 e. The summed E-state index contributed by atoms with van der Waals surface area (Å²) in [6.45, 7) is 14.9. The summed E-state index contributed by atoms with van der Waals surface area (Å²) in [5, 5.41) is 0. The van der Waals surface area contributed by atoms with Gasteiger partial charge in [0.2, 0.25) is 0 Å². The predicted octanol–water partition coefficient (Wildman–Crippen LogP) is 5.29. The summed E-state index contributed by atoms with van der Waals surface area (Å²) in [7, 11) is -1.02. The van der Waals surface area contributed by atoms with Gasteiger partial charge in [0.15, 0.2) is 0 Å². The molecule has 0 amide bonds. The SMILES string of the molecule is CC(C)=CCC[C@](C)(NS(=O)C(C)(C)C)[C@H]1CC=C(C)CC1. The summed E-state index contributed by atoms with van der Waals surface area (Å²) >= 11 is 0. The molecule has 0 aromatic rings. The van der Waals surface area contributed by atoms with Gasteiger partial charge in [0.1, 0.15) is 0 Å². The molecule has 3 atom stereocenters. The molecule has 1 aliphatic carbocycles. The largest absolute Gasteiger partial charge is 0.242 e. The van der Waals surface area contributed by atoms with Crippen LogP contribution in [0.25, 0.3) is 0 Å². The first kappa shape index (κ1) is 19.6. The van der Waals surface area contributed by atoms with Crippen LogP contribution in [0.1, 0.15) is 80.6 Å². The zero-order valence-electron chi connectivity index (χ0n) is 15.6. The molecular formula is C19H35NOS. The summed E-state index contributed by atoms with van der Waals surface area (Å²) in [6, 6.07) is 0. The molecule has 1 unspecified atom stereocenters. The molecule has 0 spiro atoms. The van der Waals surface area contributed by atoms with E-state index >= 15 is 0 Å². The van der Waals surface area contributed by atoms with E-state index < -0.39 is 11.0 Å². The van der Waals surface area contributed by atoms with Gasteiger partial charge >= 0.3 is 0 Å². The zero-order valence-corrected chi connectivity index (χ0v) is 16.4. The molecule has 1 rings (SSSR count). The second kappa shape index (κ2) is 7.92. The molecular weight excluding hydrogens is 290 g/mol. The first-order chi connectivity index (χ1) is 10.0. The Morgan fingerprint density at radius 1 is 1.36 bits per heavy atom. The molecule has 1 aliphatic rings. The molecule has 0 aromatic heterocycles. The van der Waals surface area contributed by atoms with Crippen LogP contribution in [0, 0.1) is 5.92 Å². The van der Waals surface area contributed by atoms with Crippen LogP contribution >= 0.6 is 0 Å². The molecule has 0 aliphatic heterocycles. The van der Waals surface area contributed by atoms with Gasteiger partial charge < -0.3 is 0 Å². The number of nitrogens with one attached hydrogen (secondary N) is 1. The van der Waals surface area contributed by atoms with Gasteiger partial charge in [0.25, 0.3) is 0 Å². The molecule has 0 saturated heterocycles. The van der Waals surface area contributed by atoms with E-state index in [0.717, 1.165) is 19.3 Å². The van der Waals surface area contributed by atoms with Crippen molar-refractivity contribution in [3.63, 3.8) is 0 Å². The highest BCUT2D eigenvalue weighted by molar-refractivity contribution is 7.84. The van der Waals surface area contributed by atoms with E-state index in [1.54, 1.807) is 0 Å². The van der Waals surface area contributed by atoms with Crippen LogP contribution in [-0.4, -0.2) is 14.5 Å². The lowest BCUT2D eigenvalue weighted by molar-refractivity contribution is 0.234. The van der Waals surface area contributed by atoms with Crippen LogP contribution in [0.15, 0.2) is 23.3 Å². The van der Waals surface area contributed by atoms with E-state index in [4.69, 9.17) is 0 Å². The highest BCUT2D eigenvalue weighted by Gasteiger charge is 2.37. The summed E-state index contributed by atoms with van der Waals surface area (Å²) in [4.78, 5) is 0. The lowest BCUT2D eigenvalue weighted by Gasteiger charge is -2.41. The Kier molecular flexibility index (Phi) is 7.07. The van der Waals surface area contributed by atoms with Gasteiger partial charge in [0, 0.05) is 5.54 Å². The third kappa shape index (κ3) is 6.00. The molecule has 3 heteroatoms. The zero-order chi connectivity index (χ0) is 17.0. The second-order valence-electron chi connectivity index (χ2n) is 8.24. The van der Waals surface area contributed by atoms with E-state index in [1.807, 2.05) is 20.8 Å². The van der Waals surface area contributed by atoms with Crippen molar-refractivity contribution >= 4 is 11.0 Å². The Morgan fingerprint density at radius 3 is 2.45 bits per heavy atom. The Labute approximate surface area is 140 Å². The van der Waals surface area contributed by atoms with Crippen molar-refractivity contribution in [2.24, 2.45) is 5.92 Å². The topological polar surface area (TPSA) is 29.1 Å². The highest BCUT2D eigenvalue weighted by Crippen LogP contribution is 2.36. The van der Waals surface area contributed by atoms with Gasteiger partial charge in [-0.3, -0.25) is 0 Å². The highest BCUT2D eigenvalue weighted by atomic mass is 32.2. The van der Waals surface area contributed by atoms with Crippen LogP contribution < -0.4 is 4.72 Å². The number of hydrogen-bond acceptors (Lipinski definition) is 1. The Bertz CT molecular complexity index is 455. The van der Waals surface area contributed by atoms with E-state index in [0.29, 0.717) is 5.92 Å². The lowest BCUT2D eigenvalue weighted by Crippen LogP contribution is -2.53. The van der Waals surface area contributed by atoms with Crippen molar-refractivity contribution in [2.45, 2.75) is 90.9 Å². The summed E-state index contributed by atoms with van der Waals surface area (Å²) in [5.74, 6) is 0.563. The fourth-order valence-corrected chi connectivity index (χ4v) is 3.91.